The lowest BCUT2D eigenvalue weighted by atomic mass is 10.2. The molecule has 0 aliphatic carbocycles. The van der Waals surface area contributed by atoms with Gasteiger partial charge in [0.25, 0.3) is 5.56 Å². The van der Waals surface area contributed by atoms with Crippen molar-refractivity contribution in [3.63, 3.8) is 0 Å². The van der Waals surface area contributed by atoms with Gasteiger partial charge in [-0.1, -0.05) is 12.1 Å². The van der Waals surface area contributed by atoms with Crippen LogP contribution in [0.2, 0.25) is 0 Å². The van der Waals surface area contributed by atoms with E-state index in [4.69, 9.17) is 0 Å². The quantitative estimate of drug-likeness (QED) is 0.678. The number of H-pyrrole nitrogens is 1. The average Bonchev–Trinajstić information content (AvgIpc) is 2.74. The second kappa shape index (κ2) is 4.81. The molecule has 3 rings (SSSR count). The number of imidazole rings is 1. The maximum atomic E-state index is 12.2. The van der Waals surface area contributed by atoms with Gasteiger partial charge in [0.2, 0.25) is 0 Å². The number of hydrogen-bond acceptors (Lipinski definition) is 5. The van der Waals surface area contributed by atoms with E-state index in [0.717, 1.165) is 0 Å². The van der Waals surface area contributed by atoms with E-state index >= 15 is 0 Å². The Bertz CT molecular complexity index is 977. The van der Waals surface area contributed by atoms with Crippen LogP contribution in [-0.4, -0.2) is 28.0 Å². The highest BCUT2D eigenvalue weighted by molar-refractivity contribution is 7.72. The van der Waals surface area contributed by atoms with Crippen molar-refractivity contribution in [2.45, 2.75) is 18.7 Å². The zero-order chi connectivity index (χ0) is 15.1. The Morgan fingerprint density at radius 1 is 1.24 bits per heavy atom. The van der Waals surface area contributed by atoms with Crippen LogP contribution in [0, 0.1) is 13.8 Å². The Kier molecular flexibility index (Phi) is 3.09. The minimum atomic E-state index is -2.69. The maximum absolute atomic E-state index is 12.2. The predicted octanol–water partition coefficient (Wildman–Crippen LogP) is 0.672. The van der Waals surface area contributed by atoms with E-state index in [-0.39, 0.29) is 10.5 Å². The molecule has 3 aromatic rings. The van der Waals surface area contributed by atoms with Gasteiger partial charge >= 0.3 is 0 Å². The summed E-state index contributed by atoms with van der Waals surface area (Å²) in [5, 5.41) is 4.33. The van der Waals surface area contributed by atoms with Crippen LogP contribution in [0.15, 0.2) is 34.0 Å². The fourth-order valence-corrected chi connectivity index (χ4v) is 2.68. The first-order valence-corrected chi connectivity index (χ1v) is 7.36. The summed E-state index contributed by atoms with van der Waals surface area (Å²) in [6, 6.07) is 6.24. The lowest BCUT2D eigenvalue weighted by molar-refractivity contribution is 0.614. The molecule has 0 saturated carbocycles. The number of aryl methyl sites for hydroxylation is 2. The van der Waals surface area contributed by atoms with Gasteiger partial charge in [-0.05, 0) is 26.0 Å². The molecule has 0 radical (unpaired) electrons. The molecule has 21 heavy (non-hydrogen) atoms. The molecule has 0 bridgehead atoms. The number of thiol groups is 1. The molecular weight excluding hydrogens is 292 g/mol. The molecule has 0 amide bonds. The van der Waals surface area contributed by atoms with Gasteiger partial charge in [-0.3, -0.25) is 4.79 Å². The highest BCUT2D eigenvalue weighted by atomic mass is 32.2. The van der Waals surface area contributed by atoms with Crippen LogP contribution in [0.1, 0.15) is 11.5 Å². The van der Waals surface area contributed by atoms with Crippen molar-refractivity contribution in [1.82, 2.24) is 19.6 Å². The van der Waals surface area contributed by atoms with E-state index in [1.165, 1.54) is 16.6 Å². The standard InChI is InChI=1S/C13H12N4O3S/c1-7-11-13(18)15-12(16-17(11)8(2)14-7)9-4-3-5-10(6-9)21(19)20/h3-6,21H,1-2H3,(H,15,16,18). The third-order valence-corrected chi connectivity index (χ3v) is 3.87. The lowest BCUT2D eigenvalue weighted by Crippen LogP contribution is -2.14. The van der Waals surface area contributed by atoms with Gasteiger partial charge in [-0.15, -0.1) is 5.10 Å². The van der Waals surface area contributed by atoms with E-state index in [9.17, 15) is 13.2 Å². The normalized spacial score (nSPS) is 11.4. The summed E-state index contributed by atoms with van der Waals surface area (Å²) >= 11 is 0. The van der Waals surface area contributed by atoms with Crippen molar-refractivity contribution >= 4 is 16.2 Å². The molecule has 0 atom stereocenters. The SMILES string of the molecule is Cc1nc(C)n2nc(-c3cccc([SH](=O)=O)c3)[nH]c(=O)c12. The lowest BCUT2D eigenvalue weighted by Gasteiger charge is -2.03. The molecule has 0 aliphatic rings. The predicted molar refractivity (Wildman–Crippen MR) is 77.1 cm³/mol. The fraction of sp³-hybridized carbons (Fsp3) is 0.154. The summed E-state index contributed by atoms with van der Waals surface area (Å²) in [4.78, 5) is 19.2. The summed E-state index contributed by atoms with van der Waals surface area (Å²) in [6.45, 7) is 3.49. The van der Waals surface area contributed by atoms with Crippen LogP contribution in [0.5, 0.6) is 0 Å². The Morgan fingerprint density at radius 2 is 2.00 bits per heavy atom. The van der Waals surface area contributed by atoms with Crippen LogP contribution >= 0.6 is 0 Å². The molecule has 0 saturated heterocycles. The number of nitrogens with one attached hydrogen (secondary N) is 1. The molecule has 0 aliphatic heterocycles. The third-order valence-electron chi connectivity index (χ3n) is 3.17. The summed E-state index contributed by atoms with van der Waals surface area (Å²) in [6.07, 6.45) is 0. The smallest absolute Gasteiger partial charge is 0.277 e. The summed E-state index contributed by atoms with van der Waals surface area (Å²) < 4.78 is 23.6. The first kappa shape index (κ1) is 13.5. The van der Waals surface area contributed by atoms with E-state index < -0.39 is 10.7 Å². The number of nitrogens with zero attached hydrogens (tertiary/aromatic N) is 3. The fourth-order valence-electron chi connectivity index (χ4n) is 2.23. The van der Waals surface area contributed by atoms with Crippen molar-refractivity contribution < 1.29 is 8.42 Å². The Labute approximate surface area is 121 Å². The van der Waals surface area contributed by atoms with Gasteiger partial charge in [0.05, 0.1) is 10.6 Å². The molecule has 1 N–H and O–H groups in total. The minimum absolute atomic E-state index is 0.170. The first-order chi connectivity index (χ1) is 9.97. The molecule has 2 heterocycles. The van der Waals surface area contributed by atoms with E-state index in [2.05, 4.69) is 15.1 Å². The van der Waals surface area contributed by atoms with Crippen LogP contribution in [0.3, 0.4) is 0 Å². The summed E-state index contributed by atoms with van der Waals surface area (Å²) in [7, 11) is -2.69. The average molecular weight is 304 g/mol. The molecule has 2 aromatic heterocycles. The number of benzene rings is 1. The summed E-state index contributed by atoms with van der Waals surface area (Å²) in [5.41, 5.74) is 1.21. The van der Waals surface area contributed by atoms with Crippen molar-refractivity contribution in [2.75, 3.05) is 0 Å². The number of aromatic nitrogens is 4. The monoisotopic (exact) mass is 304 g/mol. The largest absolute Gasteiger partial charge is 0.303 e. The molecule has 8 heteroatoms. The third kappa shape index (κ3) is 2.23. The van der Waals surface area contributed by atoms with Gasteiger partial charge in [0, 0.05) is 5.56 Å². The van der Waals surface area contributed by atoms with Crippen LogP contribution in [0.4, 0.5) is 0 Å². The maximum Gasteiger partial charge on any atom is 0.277 e. The number of aromatic amines is 1. The van der Waals surface area contributed by atoms with Gasteiger partial charge < -0.3 is 4.98 Å². The van der Waals surface area contributed by atoms with E-state index in [1.807, 2.05) is 0 Å². The Hall–Kier alpha value is -2.48. The van der Waals surface area contributed by atoms with Crippen molar-refractivity contribution in [3.05, 3.63) is 46.1 Å². The van der Waals surface area contributed by atoms with Gasteiger partial charge in [0.1, 0.15) is 5.82 Å². The van der Waals surface area contributed by atoms with Crippen molar-refractivity contribution in [3.8, 4) is 11.4 Å². The topological polar surface area (TPSA) is 97.2 Å². The number of hydrogen-bond donors (Lipinski definition) is 2. The van der Waals surface area contributed by atoms with Crippen LogP contribution < -0.4 is 5.56 Å². The van der Waals surface area contributed by atoms with E-state index in [0.29, 0.717) is 28.4 Å². The molecule has 7 nitrogen and oxygen atoms in total. The first-order valence-electron chi connectivity index (χ1n) is 6.18. The molecule has 0 fully saturated rings. The highest BCUT2D eigenvalue weighted by Gasteiger charge is 2.12. The second-order valence-corrected chi connectivity index (χ2v) is 5.65. The molecule has 1 aromatic carbocycles. The number of fused-ring (bicyclic) bond motifs is 1. The zero-order valence-corrected chi connectivity index (χ0v) is 12.2. The molecule has 108 valence electrons. The zero-order valence-electron chi connectivity index (χ0n) is 11.3. The molecule has 0 spiro atoms. The van der Waals surface area contributed by atoms with Crippen LogP contribution in [0.25, 0.3) is 16.9 Å². The van der Waals surface area contributed by atoms with Gasteiger partial charge in [-0.2, -0.15) is 0 Å². The summed E-state index contributed by atoms with van der Waals surface area (Å²) in [5.74, 6) is 0.896. The molecule has 0 unspecified atom stereocenters. The van der Waals surface area contributed by atoms with Crippen LogP contribution in [-0.2, 0) is 10.7 Å². The highest BCUT2D eigenvalue weighted by Crippen LogP contribution is 2.17. The van der Waals surface area contributed by atoms with Gasteiger partial charge in [-0.25, -0.2) is 17.9 Å². The Morgan fingerprint density at radius 3 is 2.71 bits per heavy atom. The Balaban J connectivity index is 2.29. The molecular formula is C13H12N4O3S. The van der Waals surface area contributed by atoms with Gasteiger partial charge in [0.15, 0.2) is 22.0 Å². The number of rotatable bonds is 2. The van der Waals surface area contributed by atoms with Crippen molar-refractivity contribution in [2.24, 2.45) is 0 Å². The van der Waals surface area contributed by atoms with Crippen molar-refractivity contribution in [1.29, 1.82) is 0 Å². The van der Waals surface area contributed by atoms with E-state index in [1.54, 1.807) is 26.0 Å². The minimum Gasteiger partial charge on any atom is -0.303 e. The second-order valence-electron chi connectivity index (χ2n) is 4.62.